The molecule has 1 amide bonds. The predicted molar refractivity (Wildman–Crippen MR) is 131 cm³/mol. The number of aromatic nitrogens is 1. The Morgan fingerprint density at radius 2 is 1.82 bits per heavy atom. The molecule has 3 heterocycles. The van der Waals surface area contributed by atoms with Gasteiger partial charge in [-0.2, -0.15) is 0 Å². The predicted octanol–water partition coefficient (Wildman–Crippen LogP) is 4.52. The molecule has 2 fully saturated rings. The molecule has 2 aliphatic rings. The fraction of sp³-hybridized carbons (Fsp3) is 0.407. The molecule has 1 aromatic heterocycles. The van der Waals surface area contributed by atoms with Gasteiger partial charge in [0, 0.05) is 63.8 Å². The first-order valence-corrected chi connectivity index (χ1v) is 11.8. The number of carbonyl (C=O) groups is 1. The highest BCUT2D eigenvalue weighted by Gasteiger charge is 2.31. The molecular weight excluding hydrogens is 414 g/mol. The zero-order valence-corrected chi connectivity index (χ0v) is 19.4. The van der Waals surface area contributed by atoms with Gasteiger partial charge in [0.1, 0.15) is 18.0 Å². The molecule has 2 aliphatic heterocycles. The molecule has 1 unspecified atom stereocenters. The Morgan fingerprint density at radius 3 is 2.52 bits per heavy atom. The van der Waals surface area contributed by atoms with Crippen LogP contribution < -0.4 is 9.64 Å². The van der Waals surface area contributed by atoms with Crippen molar-refractivity contribution in [2.75, 3.05) is 38.7 Å². The topological polar surface area (TPSA) is 54.9 Å². The molecule has 3 aromatic rings. The van der Waals surface area contributed by atoms with Crippen molar-refractivity contribution in [1.29, 1.82) is 0 Å². The fourth-order valence-electron chi connectivity index (χ4n) is 4.90. The molecule has 0 radical (unpaired) electrons. The van der Waals surface area contributed by atoms with Gasteiger partial charge in [-0.05, 0) is 36.6 Å². The van der Waals surface area contributed by atoms with Crippen molar-refractivity contribution in [1.82, 2.24) is 9.88 Å². The van der Waals surface area contributed by atoms with Gasteiger partial charge < -0.3 is 19.3 Å². The molecule has 6 nitrogen and oxygen atoms in total. The summed E-state index contributed by atoms with van der Waals surface area (Å²) >= 11 is 0. The van der Waals surface area contributed by atoms with Gasteiger partial charge in [-0.15, -0.1) is 0 Å². The lowest BCUT2D eigenvalue weighted by Gasteiger charge is -2.33. The van der Waals surface area contributed by atoms with E-state index in [-0.39, 0.29) is 18.1 Å². The zero-order valence-electron chi connectivity index (χ0n) is 19.4. The van der Waals surface area contributed by atoms with Crippen molar-refractivity contribution in [3.63, 3.8) is 0 Å². The van der Waals surface area contributed by atoms with E-state index in [2.05, 4.69) is 48.2 Å². The summed E-state index contributed by atoms with van der Waals surface area (Å²) in [5, 5.41) is 1.14. The number of carbonyl (C=O) groups excluding carboxylic acids is 1. The number of ether oxygens (including phenoxy) is 2. The minimum atomic E-state index is -0.230. The fourth-order valence-corrected chi connectivity index (χ4v) is 4.90. The molecule has 1 atom stereocenters. The highest BCUT2D eigenvalue weighted by Crippen LogP contribution is 2.36. The van der Waals surface area contributed by atoms with Gasteiger partial charge in [0.2, 0.25) is 0 Å². The van der Waals surface area contributed by atoms with Crippen molar-refractivity contribution in [2.24, 2.45) is 0 Å². The Labute approximate surface area is 195 Å². The normalized spacial score (nSPS) is 19.1. The lowest BCUT2D eigenvalue weighted by Crippen LogP contribution is -2.45. The van der Waals surface area contributed by atoms with Crippen LogP contribution in [0.25, 0.3) is 22.0 Å². The Balaban J connectivity index is 1.25. The minimum absolute atomic E-state index is 0.129. The Kier molecular flexibility index (Phi) is 6.18. The smallest absolute Gasteiger partial charge is 0.251 e. The van der Waals surface area contributed by atoms with Gasteiger partial charge in [0.25, 0.3) is 5.91 Å². The maximum Gasteiger partial charge on any atom is 0.251 e. The van der Waals surface area contributed by atoms with Gasteiger partial charge in [-0.25, -0.2) is 0 Å². The quantitative estimate of drug-likeness (QED) is 0.578. The van der Waals surface area contributed by atoms with Crippen LogP contribution in [0, 0.1) is 0 Å². The highest BCUT2D eigenvalue weighted by atomic mass is 16.5. The third-order valence-corrected chi connectivity index (χ3v) is 6.62. The van der Waals surface area contributed by atoms with E-state index in [1.807, 2.05) is 35.4 Å². The number of anilines is 1. The number of piperidine rings is 1. The Morgan fingerprint density at radius 1 is 1.06 bits per heavy atom. The third-order valence-electron chi connectivity index (χ3n) is 6.62. The van der Waals surface area contributed by atoms with E-state index in [9.17, 15) is 4.79 Å². The van der Waals surface area contributed by atoms with Crippen LogP contribution in [-0.4, -0.2) is 61.8 Å². The SMILES string of the molecule is CN(C)c1c(-c2ccc(OC3CCN(C(=O)C4CCCO4)CC3)cc2)cnc2ccccc12. The number of benzene rings is 2. The van der Waals surface area contributed by atoms with Crippen LogP contribution in [0.3, 0.4) is 0 Å². The minimum Gasteiger partial charge on any atom is -0.490 e. The molecule has 0 bridgehead atoms. The molecule has 6 heteroatoms. The molecular formula is C27H31N3O3. The number of nitrogens with zero attached hydrogens (tertiary/aromatic N) is 3. The molecule has 172 valence electrons. The van der Waals surface area contributed by atoms with E-state index in [0.717, 1.165) is 72.2 Å². The molecule has 0 spiro atoms. The van der Waals surface area contributed by atoms with Crippen molar-refractivity contribution in [3.8, 4) is 16.9 Å². The lowest BCUT2D eigenvalue weighted by atomic mass is 10.0. The van der Waals surface area contributed by atoms with Gasteiger partial charge in [-0.1, -0.05) is 30.3 Å². The first-order valence-electron chi connectivity index (χ1n) is 11.8. The summed E-state index contributed by atoms with van der Waals surface area (Å²) in [5.41, 5.74) is 4.37. The molecule has 0 saturated carbocycles. The summed E-state index contributed by atoms with van der Waals surface area (Å²) in [7, 11) is 4.14. The summed E-state index contributed by atoms with van der Waals surface area (Å²) in [6, 6.07) is 16.5. The Bertz CT molecular complexity index is 1120. The molecule has 0 N–H and O–H groups in total. The second kappa shape index (κ2) is 9.40. The van der Waals surface area contributed by atoms with Crippen LogP contribution in [0.15, 0.2) is 54.7 Å². The molecule has 2 saturated heterocycles. The molecule has 2 aromatic carbocycles. The second-order valence-corrected chi connectivity index (χ2v) is 9.10. The summed E-state index contributed by atoms with van der Waals surface area (Å²) in [4.78, 5) is 21.3. The third kappa shape index (κ3) is 4.53. The zero-order chi connectivity index (χ0) is 22.8. The largest absolute Gasteiger partial charge is 0.490 e. The average Bonchev–Trinajstić information content (AvgIpc) is 3.39. The van der Waals surface area contributed by atoms with E-state index < -0.39 is 0 Å². The van der Waals surface area contributed by atoms with Gasteiger partial charge in [-0.3, -0.25) is 9.78 Å². The summed E-state index contributed by atoms with van der Waals surface area (Å²) < 4.78 is 11.8. The Hall–Kier alpha value is -3.12. The van der Waals surface area contributed by atoms with E-state index in [1.165, 1.54) is 0 Å². The monoisotopic (exact) mass is 445 g/mol. The van der Waals surface area contributed by atoms with Crippen LogP contribution in [0.5, 0.6) is 5.75 Å². The van der Waals surface area contributed by atoms with Crippen LogP contribution in [-0.2, 0) is 9.53 Å². The van der Waals surface area contributed by atoms with Crippen LogP contribution in [0.1, 0.15) is 25.7 Å². The average molecular weight is 446 g/mol. The van der Waals surface area contributed by atoms with E-state index in [0.29, 0.717) is 6.61 Å². The van der Waals surface area contributed by atoms with Crippen LogP contribution >= 0.6 is 0 Å². The number of rotatable bonds is 5. The maximum atomic E-state index is 12.5. The number of pyridine rings is 1. The molecule has 0 aliphatic carbocycles. The van der Waals surface area contributed by atoms with Crippen molar-refractivity contribution < 1.29 is 14.3 Å². The summed E-state index contributed by atoms with van der Waals surface area (Å²) in [5.74, 6) is 1.01. The second-order valence-electron chi connectivity index (χ2n) is 9.10. The highest BCUT2D eigenvalue weighted by molar-refractivity contribution is 5.99. The lowest BCUT2D eigenvalue weighted by molar-refractivity contribution is -0.142. The molecule has 5 rings (SSSR count). The first-order chi connectivity index (χ1) is 16.1. The number of fused-ring (bicyclic) bond motifs is 1. The van der Waals surface area contributed by atoms with Gasteiger partial charge >= 0.3 is 0 Å². The number of hydrogen-bond acceptors (Lipinski definition) is 5. The first kappa shape index (κ1) is 21.7. The van der Waals surface area contributed by atoms with Crippen molar-refractivity contribution >= 4 is 22.5 Å². The van der Waals surface area contributed by atoms with E-state index >= 15 is 0 Å². The van der Waals surface area contributed by atoms with Crippen LogP contribution in [0.4, 0.5) is 5.69 Å². The summed E-state index contributed by atoms with van der Waals surface area (Å²) in [6.07, 6.45) is 5.38. The number of amides is 1. The van der Waals surface area contributed by atoms with Gasteiger partial charge in [0.15, 0.2) is 0 Å². The standard InChI is InChI=1S/C27H31N3O3/c1-29(2)26-22-6-3-4-7-24(22)28-18-23(26)19-9-11-20(12-10-19)33-21-13-15-30(16-14-21)27(31)25-8-5-17-32-25/h3-4,6-7,9-12,18,21,25H,5,8,13-17H2,1-2H3. The van der Waals surface area contributed by atoms with E-state index in [4.69, 9.17) is 9.47 Å². The van der Waals surface area contributed by atoms with Gasteiger partial charge in [0.05, 0.1) is 11.2 Å². The number of para-hydroxylation sites is 1. The van der Waals surface area contributed by atoms with Crippen molar-refractivity contribution in [3.05, 3.63) is 54.7 Å². The maximum absolute atomic E-state index is 12.5. The number of likely N-dealkylation sites (tertiary alicyclic amines) is 1. The number of hydrogen-bond donors (Lipinski definition) is 0. The molecule has 33 heavy (non-hydrogen) atoms. The van der Waals surface area contributed by atoms with E-state index in [1.54, 1.807) is 0 Å². The van der Waals surface area contributed by atoms with Crippen LogP contribution in [0.2, 0.25) is 0 Å². The summed E-state index contributed by atoms with van der Waals surface area (Å²) in [6.45, 7) is 2.17. The van der Waals surface area contributed by atoms with Crippen molar-refractivity contribution in [2.45, 2.75) is 37.9 Å².